The van der Waals surface area contributed by atoms with Crippen molar-refractivity contribution >= 4 is 0 Å². The quantitative estimate of drug-likeness (QED) is 0.635. The molecule has 1 aromatic rings. The lowest BCUT2D eigenvalue weighted by Crippen LogP contribution is -1.89. The lowest BCUT2D eigenvalue weighted by molar-refractivity contribution is 1.09. The van der Waals surface area contributed by atoms with Crippen LogP contribution in [-0.2, 0) is 12.8 Å². The van der Waals surface area contributed by atoms with Gasteiger partial charge in [-0.05, 0) is 35.6 Å². The Balaban J connectivity index is 3.10. The van der Waals surface area contributed by atoms with Crippen molar-refractivity contribution in [2.45, 2.75) is 26.7 Å². The molecule has 0 aliphatic carbocycles. The van der Waals surface area contributed by atoms with Crippen LogP contribution in [-0.4, -0.2) is 0 Å². The summed E-state index contributed by atoms with van der Waals surface area (Å²) in [6, 6.07) is 6.53. The van der Waals surface area contributed by atoms with Gasteiger partial charge in [-0.3, -0.25) is 0 Å². The zero-order valence-corrected chi connectivity index (χ0v) is 7.85. The summed E-state index contributed by atoms with van der Waals surface area (Å²) in [7, 11) is 0. The highest BCUT2D eigenvalue weighted by molar-refractivity contribution is 5.35. The van der Waals surface area contributed by atoms with Gasteiger partial charge < -0.3 is 0 Å². The predicted molar refractivity (Wildman–Crippen MR) is 53.2 cm³/mol. The molecule has 63 valence electrons. The Kier molecular flexibility index (Phi) is 3.09. The van der Waals surface area contributed by atoms with Gasteiger partial charge in [0.2, 0.25) is 0 Å². The zero-order chi connectivity index (χ0) is 8.97. The molecule has 0 nitrogen and oxygen atoms in total. The first-order valence-electron chi connectivity index (χ1n) is 4.46. The average molecular weight is 159 g/mol. The maximum absolute atomic E-state index is 3.69. The fourth-order valence-electron chi connectivity index (χ4n) is 1.32. The summed E-state index contributed by atoms with van der Waals surface area (Å²) in [5.74, 6) is 0. The Bertz CT molecular complexity index is 271. The summed E-state index contributed by atoms with van der Waals surface area (Å²) in [5, 5.41) is 0. The van der Waals surface area contributed by atoms with E-state index in [0.29, 0.717) is 0 Å². The second-order valence-corrected chi connectivity index (χ2v) is 2.88. The summed E-state index contributed by atoms with van der Waals surface area (Å²) in [5.41, 5.74) is 3.86. The second kappa shape index (κ2) is 4.10. The van der Waals surface area contributed by atoms with Gasteiger partial charge in [-0.2, -0.15) is 0 Å². The minimum absolute atomic E-state index is 1.06. The van der Waals surface area contributed by atoms with Gasteiger partial charge in [-0.25, -0.2) is 0 Å². The molecule has 1 rings (SSSR count). The van der Waals surface area contributed by atoms with E-state index in [-0.39, 0.29) is 0 Å². The van der Waals surface area contributed by atoms with Crippen LogP contribution < -0.4 is 0 Å². The Morgan fingerprint density at radius 3 is 2.50 bits per heavy atom. The van der Waals surface area contributed by atoms with E-state index in [0.717, 1.165) is 18.4 Å². The topological polar surface area (TPSA) is 0 Å². The van der Waals surface area contributed by atoms with Crippen LogP contribution in [0.4, 0.5) is 0 Å². The lowest BCUT2D eigenvalue weighted by atomic mass is 10.0. The van der Waals surface area contributed by atoms with Crippen LogP contribution in [0.25, 0.3) is 0 Å². The molecular formula is C12H15. The highest BCUT2D eigenvalue weighted by Gasteiger charge is 1.97. The van der Waals surface area contributed by atoms with Gasteiger partial charge in [0.15, 0.2) is 0 Å². The Morgan fingerprint density at radius 2 is 2.00 bits per heavy atom. The van der Waals surface area contributed by atoms with E-state index in [9.17, 15) is 0 Å². The monoisotopic (exact) mass is 159 g/mol. The summed E-state index contributed by atoms with van der Waals surface area (Å²) in [4.78, 5) is 0. The molecule has 1 radical (unpaired) electrons. The molecule has 0 spiro atoms. The van der Waals surface area contributed by atoms with Crippen molar-refractivity contribution in [2.75, 3.05) is 0 Å². The van der Waals surface area contributed by atoms with Crippen molar-refractivity contribution in [2.24, 2.45) is 0 Å². The third-order valence-electron chi connectivity index (χ3n) is 2.15. The van der Waals surface area contributed by atoms with E-state index in [1.807, 2.05) is 0 Å². The van der Waals surface area contributed by atoms with Crippen molar-refractivity contribution in [1.82, 2.24) is 0 Å². The van der Waals surface area contributed by atoms with E-state index < -0.39 is 0 Å². The van der Waals surface area contributed by atoms with Crippen LogP contribution >= 0.6 is 0 Å². The van der Waals surface area contributed by atoms with Crippen LogP contribution in [0.3, 0.4) is 0 Å². The van der Waals surface area contributed by atoms with Gasteiger partial charge in [0.05, 0.1) is 0 Å². The molecule has 0 aliphatic heterocycles. The SMILES string of the molecule is C=[C]c1cc(CC)ccc1CC. The van der Waals surface area contributed by atoms with Crippen LogP contribution in [0.1, 0.15) is 30.5 Å². The first kappa shape index (κ1) is 9.05. The third kappa shape index (κ3) is 1.76. The molecule has 0 unspecified atom stereocenters. The highest BCUT2D eigenvalue weighted by atomic mass is 14.0. The molecule has 0 saturated heterocycles. The Labute approximate surface area is 74.9 Å². The molecule has 0 N–H and O–H groups in total. The van der Waals surface area contributed by atoms with Crippen LogP contribution in [0.2, 0.25) is 0 Å². The zero-order valence-electron chi connectivity index (χ0n) is 7.85. The normalized spacial score (nSPS) is 9.83. The van der Waals surface area contributed by atoms with E-state index in [2.05, 4.69) is 44.7 Å². The van der Waals surface area contributed by atoms with Crippen molar-refractivity contribution in [3.63, 3.8) is 0 Å². The number of aryl methyl sites for hydroxylation is 2. The minimum atomic E-state index is 1.06. The molecule has 1 aromatic carbocycles. The van der Waals surface area contributed by atoms with Gasteiger partial charge in [0.1, 0.15) is 0 Å². The molecule has 0 aromatic heterocycles. The fraction of sp³-hybridized carbons (Fsp3) is 0.333. The van der Waals surface area contributed by atoms with E-state index in [1.165, 1.54) is 11.1 Å². The molecule has 0 heterocycles. The van der Waals surface area contributed by atoms with Gasteiger partial charge >= 0.3 is 0 Å². The third-order valence-corrected chi connectivity index (χ3v) is 2.15. The largest absolute Gasteiger partial charge is 0.0905 e. The Morgan fingerprint density at radius 1 is 1.25 bits per heavy atom. The maximum atomic E-state index is 3.69. The van der Waals surface area contributed by atoms with Crippen LogP contribution in [0.15, 0.2) is 24.8 Å². The van der Waals surface area contributed by atoms with Crippen molar-refractivity contribution in [3.8, 4) is 0 Å². The van der Waals surface area contributed by atoms with Gasteiger partial charge in [-0.1, -0.05) is 38.6 Å². The first-order valence-corrected chi connectivity index (χ1v) is 4.46. The summed E-state index contributed by atoms with van der Waals surface area (Å²) >= 11 is 0. The minimum Gasteiger partial charge on any atom is -0.0905 e. The molecule has 0 fully saturated rings. The maximum Gasteiger partial charge on any atom is -0.0149 e. The second-order valence-electron chi connectivity index (χ2n) is 2.88. The summed E-state index contributed by atoms with van der Waals surface area (Å²) in [6.07, 6.45) is 5.11. The fourth-order valence-corrected chi connectivity index (χ4v) is 1.32. The summed E-state index contributed by atoms with van der Waals surface area (Å²) < 4.78 is 0. The lowest BCUT2D eigenvalue weighted by Gasteiger charge is -2.04. The molecule has 12 heavy (non-hydrogen) atoms. The molecule has 0 heteroatoms. The highest BCUT2D eigenvalue weighted by Crippen LogP contribution is 2.12. The van der Waals surface area contributed by atoms with E-state index in [4.69, 9.17) is 0 Å². The predicted octanol–water partition coefficient (Wildman–Crippen LogP) is 3.15. The van der Waals surface area contributed by atoms with Crippen molar-refractivity contribution in [3.05, 3.63) is 47.5 Å². The first-order chi connectivity index (χ1) is 5.81. The van der Waals surface area contributed by atoms with Gasteiger partial charge in [-0.15, -0.1) is 0 Å². The van der Waals surface area contributed by atoms with Crippen LogP contribution in [0.5, 0.6) is 0 Å². The Hall–Kier alpha value is -1.04. The summed E-state index contributed by atoms with van der Waals surface area (Å²) in [6.45, 7) is 8.01. The number of hydrogen-bond donors (Lipinski definition) is 0. The number of hydrogen-bond acceptors (Lipinski definition) is 0. The molecule has 0 saturated carbocycles. The molecule has 0 atom stereocenters. The van der Waals surface area contributed by atoms with Gasteiger partial charge in [0.25, 0.3) is 0 Å². The smallest absolute Gasteiger partial charge is 0.0149 e. The van der Waals surface area contributed by atoms with Gasteiger partial charge in [0, 0.05) is 0 Å². The number of benzene rings is 1. The van der Waals surface area contributed by atoms with E-state index >= 15 is 0 Å². The van der Waals surface area contributed by atoms with Crippen molar-refractivity contribution < 1.29 is 0 Å². The van der Waals surface area contributed by atoms with Crippen molar-refractivity contribution in [1.29, 1.82) is 0 Å². The standard InChI is InChI=1S/C12H15/c1-4-10-7-8-11(5-2)12(6-3)9-10/h7-9H,3-5H2,1-2H3. The molecule has 0 bridgehead atoms. The average Bonchev–Trinajstić information content (AvgIpc) is 2.16. The number of rotatable bonds is 3. The molecular weight excluding hydrogens is 144 g/mol. The van der Waals surface area contributed by atoms with Crippen LogP contribution in [0, 0.1) is 6.08 Å². The van der Waals surface area contributed by atoms with E-state index in [1.54, 1.807) is 0 Å². The molecule has 0 aliphatic rings. The molecule has 0 amide bonds.